The minimum absolute atomic E-state index is 0.0357. The number of hydrogen-bond donors (Lipinski definition) is 0. The van der Waals surface area contributed by atoms with Crippen molar-refractivity contribution >= 4 is 11.8 Å². The zero-order valence-corrected chi connectivity index (χ0v) is 16.6. The molecule has 3 fully saturated rings. The fourth-order valence-corrected chi connectivity index (χ4v) is 5.28. The third-order valence-electron chi connectivity index (χ3n) is 6.78. The summed E-state index contributed by atoms with van der Waals surface area (Å²) in [5.74, 6) is -1.21. The van der Waals surface area contributed by atoms with Crippen LogP contribution in [0.2, 0.25) is 0 Å². The molecule has 1 aromatic carbocycles. The van der Waals surface area contributed by atoms with E-state index in [-0.39, 0.29) is 23.7 Å². The molecular formula is C22H26FN3O3. The molecule has 0 aliphatic carbocycles. The second-order valence-corrected chi connectivity index (χ2v) is 8.70. The zero-order chi connectivity index (χ0) is 20.2. The molecule has 0 saturated carbocycles. The first-order chi connectivity index (χ1) is 14.0. The van der Waals surface area contributed by atoms with Crippen molar-refractivity contribution in [2.75, 3.05) is 39.8 Å². The maximum Gasteiger partial charge on any atom is 0.230 e. The van der Waals surface area contributed by atoms with Gasteiger partial charge >= 0.3 is 0 Å². The molecule has 0 aromatic heterocycles. The predicted octanol–water partition coefficient (Wildman–Crippen LogP) is 1.27. The fraction of sp³-hybridized carbons (Fsp3) is 0.545. The summed E-state index contributed by atoms with van der Waals surface area (Å²) in [4.78, 5) is 32.6. The van der Waals surface area contributed by atoms with E-state index >= 15 is 0 Å². The van der Waals surface area contributed by atoms with Gasteiger partial charge in [-0.25, -0.2) is 4.39 Å². The van der Waals surface area contributed by atoms with Crippen molar-refractivity contribution in [1.29, 1.82) is 0 Å². The van der Waals surface area contributed by atoms with Gasteiger partial charge < -0.3 is 19.4 Å². The van der Waals surface area contributed by atoms with Gasteiger partial charge in [0.1, 0.15) is 11.4 Å². The summed E-state index contributed by atoms with van der Waals surface area (Å²) >= 11 is 0. The van der Waals surface area contributed by atoms with Crippen LogP contribution < -0.4 is 0 Å². The lowest BCUT2D eigenvalue weighted by atomic mass is 9.76. The number of benzene rings is 1. The van der Waals surface area contributed by atoms with E-state index in [9.17, 15) is 14.0 Å². The van der Waals surface area contributed by atoms with E-state index in [4.69, 9.17) is 4.74 Å². The highest BCUT2D eigenvalue weighted by atomic mass is 19.1. The Morgan fingerprint density at radius 3 is 2.79 bits per heavy atom. The molecule has 4 aliphatic rings. The summed E-state index contributed by atoms with van der Waals surface area (Å²) in [5.41, 5.74) is 0.165. The predicted molar refractivity (Wildman–Crippen MR) is 104 cm³/mol. The summed E-state index contributed by atoms with van der Waals surface area (Å²) in [6.07, 6.45) is 4.56. The molecule has 3 saturated heterocycles. The number of hydrogen-bond acceptors (Lipinski definition) is 4. The molecular weight excluding hydrogens is 373 g/mol. The highest BCUT2D eigenvalue weighted by molar-refractivity contribution is 5.93. The number of carbonyl (C=O) groups is 2. The molecule has 4 atom stereocenters. The van der Waals surface area contributed by atoms with Crippen molar-refractivity contribution in [3.8, 4) is 0 Å². The number of ether oxygens (including phenoxy) is 1. The van der Waals surface area contributed by atoms with Crippen LogP contribution in [0.25, 0.3) is 0 Å². The maximum absolute atomic E-state index is 13.4. The van der Waals surface area contributed by atoms with E-state index in [0.717, 1.165) is 31.6 Å². The van der Waals surface area contributed by atoms with Crippen LogP contribution in [0.15, 0.2) is 36.4 Å². The molecule has 1 spiro atoms. The quantitative estimate of drug-likeness (QED) is 0.719. The highest BCUT2D eigenvalue weighted by Gasteiger charge is 2.67. The first-order valence-corrected chi connectivity index (χ1v) is 10.3. The Kier molecular flexibility index (Phi) is 4.47. The van der Waals surface area contributed by atoms with Crippen molar-refractivity contribution in [2.45, 2.75) is 24.7 Å². The third-order valence-corrected chi connectivity index (χ3v) is 6.78. The van der Waals surface area contributed by atoms with E-state index in [1.807, 2.05) is 17.1 Å². The van der Waals surface area contributed by atoms with E-state index in [0.29, 0.717) is 19.6 Å². The number of amides is 2. The van der Waals surface area contributed by atoms with Gasteiger partial charge in [-0.3, -0.25) is 9.59 Å². The number of halogens is 1. The number of carbonyl (C=O) groups excluding carboxylic acids is 2. The van der Waals surface area contributed by atoms with Gasteiger partial charge in [0.05, 0.1) is 24.5 Å². The second kappa shape index (κ2) is 6.92. The molecule has 0 N–H and O–H groups in total. The molecule has 4 aliphatic heterocycles. The van der Waals surface area contributed by atoms with Crippen LogP contribution >= 0.6 is 0 Å². The monoisotopic (exact) mass is 399 g/mol. The van der Waals surface area contributed by atoms with Crippen molar-refractivity contribution in [1.82, 2.24) is 14.7 Å². The van der Waals surface area contributed by atoms with Crippen LogP contribution in [0.3, 0.4) is 0 Å². The number of nitrogens with zero attached hydrogens (tertiary/aromatic N) is 3. The Hall–Kier alpha value is -2.25. The maximum atomic E-state index is 13.4. The number of fused-ring (bicyclic) bond motifs is 1. The molecule has 5 rings (SSSR count). The van der Waals surface area contributed by atoms with Crippen molar-refractivity contribution in [3.05, 3.63) is 47.8 Å². The second-order valence-electron chi connectivity index (χ2n) is 8.70. The number of likely N-dealkylation sites (N-methyl/N-ethyl adjacent to an activating group) is 1. The lowest BCUT2D eigenvalue weighted by molar-refractivity contribution is -0.143. The standard InChI is InChI=1S/C22H26FN3O3/c1-24-9-2-10-25(12-11-24)20(27)18-17-7-8-22(29-17)14-26(21(28)19(18)22)13-15-3-5-16(23)6-4-15/h3-8,17-19H,2,9-14H2,1H3/t17-,18-,19+,22-/m0/s1. The van der Waals surface area contributed by atoms with E-state index in [1.165, 1.54) is 12.1 Å². The lowest BCUT2D eigenvalue weighted by Crippen LogP contribution is -2.47. The van der Waals surface area contributed by atoms with Gasteiger partial charge in [0.25, 0.3) is 0 Å². The summed E-state index contributed by atoms with van der Waals surface area (Å²) in [5, 5.41) is 0. The average molecular weight is 399 g/mol. The Bertz CT molecular complexity index is 857. The van der Waals surface area contributed by atoms with Crippen LogP contribution in [0.5, 0.6) is 0 Å². The summed E-state index contributed by atoms with van der Waals surface area (Å²) in [6.45, 7) is 4.08. The Labute approximate surface area is 169 Å². The van der Waals surface area contributed by atoms with Gasteiger partial charge in [-0.15, -0.1) is 0 Å². The SMILES string of the molecule is CN1CCCN(C(=O)[C@H]2[C@@H]3C=C[C@@]4(CN(Cc5ccc(F)cc5)C(=O)[C@@H]24)O3)CC1. The molecule has 4 heterocycles. The Morgan fingerprint density at radius 2 is 2.00 bits per heavy atom. The Balaban J connectivity index is 1.36. The minimum Gasteiger partial charge on any atom is -0.360 e. The topological polar surface area (TPSA) is 53.1 Å². The van der Waals surface area contributed by atoms with Crippen LogP contribution in [-0.2, 0) is 20.9 Å². The highest BCUT2D eigenvalue weighted by Crippen LogP contribution is 2.52. The summed E-state index contributed by atoms with van der Waals surface area (Å²) in [6, 6.07) is 6.19. The normalized spacial score (nSPS) is 34.0. The van der Waals surface area contributed by atoms with Crippen LogP contribution in [0.1, 0.15) is 12.0 Å². The molecule has 29 heavy (non-hydrogen) atoms. The molecule has 154 valence electrons. The van der Waals surface area contributed by atoms with Gasteiger partial charge in [-0.05, 0) is 37.7 Å². The molecule has 7 heteroatoms. The van der Waals surface area contributed by atoms with Crippen LogP contribution in [0.4, 0.5) is 4.39 Å². The van der Waals surface area contributed by atoms with Gasteiger partial charge in [-0.2, -0.15) is 0 Å². The molecule has 0 radical (unpaired) electrons. The Morgan fingerprint density at radius 1 is 1.21 bits per heavy atom. The van der Waals surface area contributed by atoms with Gasteiger partial charge in [0.2, 0.25) is 11.8 Å². The lowest BCUT2D eigenvalue weighted by Gasteiger charge is -2.29. The smallest absolute Gasteiger partial charge is 0.230 e. The van der Waals surface area contributed by atoms with Crippen LogP contribution in [0, 0.1) is 17.7 Å². The van der Waals surface area contributed by atoms with E-state index < -0.39 is 17.4 Å². The number of rotatable bonds is 3. The molecule has 2 amide bonds. The van der Waals surface area contributed by atoms with Gasteiger partial charge in [-0.1, -0.05) is 24.3 Å². The van der Waals surface area contributed by atoms with Crippen molar-refractivity contribution < 1.29 is 18.7 Å². The average Bonchev–Trinajstić information content (AvgIpc) is 3.27. The molecule has 0 unspecified atom stereocenters. The third kappa shape index (κ3) is 3.07. The number of likely N-dealkylation sites (tertiary alicyclic amines) is 1. The zero-order valence-electron chi connectivity index (χ0n) is 16.6. The van der Waals surface area contributed by atoms with E-state index in [2.05, 4.69) is 11.9 Å². The largest absolute Gasteiger partial charge is 0.360 e. The van der Waals surface area contributed by atoms with Crippen molar-refractivity contribution in [2.24, 2.45) is 11.8 Å². The summed E-state index contributed by atoms with van der Waals surface area (Å²) in [7, 11) is 2.07. The minimum atomic E-state index is -0.704. The molecule has 6 nitrogen and oxygen atoms in total. The fourth-order valence-electron chi connectivity index (χ4n) is 5.28. The molecule has 1 aromatic rings. The van der Waals surface area contributed by atoms with Crippen molar-refractivity contribution in [3.63, 3.8) is 0 Å². The van der Waals surface area contributed by atoms with E-state index in [1.54, 1.807) is 17.0 Å². The van der Waals surface area contributed by atoms with Gasteiger partial charge in [0, 0.05) is 26.2 Å². The molecule has 2 bridgehead atoms. The van der Waals surface area contributed by atoms with Crippen LogP contribution in [-0.4, -0.2) is 78.0 Å². The first-order valence-electron chi connectivity index (χ1n) is 10.3. The van der Waals surface area contributed by atoms with Gasteiger partial charge in [0.15, 0.2) is 0 Å². The summed E-state index contributed by atoms with van der Waals surface area (Å²) < 4.78 is 19.4. The first kappa shape index (κ1) is 18.8.